The molecular formula is C16H19FO3. The van der Waals surface area contributed by atoms with Gasteiger partial charge in [-0.25, -0.2) is 4.39 Å². The topological polar surface area (TPSA) is 35.5 Å². The largest absolute Gasteiger partial charge is 0.378 e. The Bertz CT molecular complexity index is 520. The van der Waals surface area contributed by atoms with Crippen LogP contribution < -0.4 is 0 Å². The van der Waals surface area contributed by atoms with Crippen molar-refractivity contribution in [3.63, 3.8) is 0 Å². The van der Waals surface area contributed by atoms with E-state index in [-0.39, 0.29) is 23.1 Å². The Hall–Kier alpha value is -1.26. The highest BCUT2D eigenvalue weighted by Gasteiger charge is 2.43. The van der Waals surface area contributed by atoms with Crippen molar-refractivity contribution >= 4 is 5.78 Å². The second-order valence-electron chi connectivity index (χ2n) is 5.85. The van der Waals surface area contributed by atoms with E-state index in [0.29, 0.717) is 37.4 Å². The number of halogens is 1. The number of hydrogen-bond donors (Lipinski definition) is 0. The van der Waals surface area contributed by atoms with Crippen molar-refractivity contribution in [3.05, 3.63) is 35.1 Å². The third-order valence-electron chi connectivity index (χ3n) is 4.37. The van der Waals surface area contributed by atoms with E-state index in [2.05, 4.69) is 0 Å². The molecule has 108 valence electrons. The third-order valence-corrected chi connectivity index (χ3v) is 4.37. The van der Waals surface area contributed by atoms with Gasteiger partial charge in [-0.2, -0.15) is 0 Å². The molecular weight excluding hydrogens is 259 g/mol. The van der Waals surface area contributed by atoms with Gasteiger partial charge in [0, 0.05) is 31.1 Å². The first-order valence-electron chi connectivity index (χ1n) is 7.12. The van der Waals surface area contributed by atoms with Crippen molar-refractivity contribution in [3.8, 4) is 0 Å². The fourth-order valence-electron chi connectivity index (χ4n) is 3.15. The summed E-state index contributed by atoms with van der Waals surface area (Å²) in [6.07, 6.45) is 2.30. The van der Waals surface area contributed by atoms with E-state index in [1.54, 1.807) is 19.1 Å². The highest BCUT2D eigenvalue weighted by atomic mass is 19.1. The number of hydrogen-bond acceptors (Lipinski definition) is 3. The molecule has 3 nitrogen and oxygen atoms in total. The van der Waals surface area contributed by atoms with E-state index >= 15 is 0 Å². The molecule has 0 aliphatic carbocycles. The number of carbonyl (C=O) groups is 1. The summed E-state index contributed by atoms with van der Waals surface area (Å²) in [5.41, 5.74) is 0.847. The molecule has 2 aliphatic rings. The SMILES string of the molecule is Cc1cc(C(=O)C2CCOC3(CCOC3)C2)ccc1F. The second-order valence-corrected chi connectivity index (χ2v) is 5.85. The summed E-state index contributed by atoms with van der Waals surface area (Å²) in [7, 11) is 0. The van der Waals surface area contributed by atoms with Crippen molar-refractivity contribution in [2.24, 2.45) is 5.92 Å². The van der Waals surface area contributed by atoms with Gasteiger partial charge < -0.3 is 9.47 Å². The number of aryl methyl sites for hydroxylation is 1. The lowest BCUT2D eigenvalue weighted by atomic mass is 9.81. The molecule has 2 atom stereocenters. The predicted octanol–water partition coefficient (Wildman–Crippen LogP) is 2.90. The first-order valence-corrected chi connectivity index (χ1v) is 7.12. The smallest absolute Gasteiger partial charge is 0.166 e. The van der Waals surface area contributed by atoms with E-state index in [4.69, 9.17) is 9.47 Å². The summed E-state index contributed by atoms with van der Waals surface area (Å²) in [5.74, 6) is -0.216. The molecule has 2 aliphatic heterocycles. The van der Waals surface area contributed by atoms with Gasteiger partial charge >= 0.3 is 0 Å². The molecule has 20 heavy (non-hydrogen) atoms. The number of carbonyl (C=O) groups excluding carboxylic acids is 1. The lowest BCUT2D eigenvalue weighted by Gasteiger charge is -2.36. The van der Waals surface area contributed by atoms with E-state index in [9.17, 15) is 9.18 Å². The van der Waals surface area contributed by atoms with Gasteiger partial charge in [0.05, 0.1) is 12.2 Å². The van der Waals surface area contributed by atoms with Crippen LogP contribution in [0.15, 0.2) is 18.2 Å². The summed E-state index contributed by atoms with van der Waals surface area (Å²) in [6, 6.07) is 4.60. The summed E-state index contributed by atoms with van der Waals surface area (Å²) < 4.78 is 24.6. The number of rotatable bonds is 2. The molecule has 2 fully saturated rings. The lowest BCUT2D eigenvalue weighted by molar-refractivity contribution is -0.0920. The molecule has 0 amide bonds. The van der Waals surface area contributed by atoms with Crippen LogP contribution in [0.1, 0.15) is 35.2 Å². The zero-order valence-corrected chi connectivity index (χ0v) is 11.7. The normalized spacial score (nSPS) is 29.8. The zero-order chi connectivity index (χ0) is 14.2. The molecule has 1 spiro atoms. The average molecular weight is 278 g/mol. The maximum absolute atomic E-state index is 13.3. The summed E-state index contributed by atoms with van der Waals surface area (Å²) in [4.78, 5) is 12.6. The van der Waals surface area contributed by atoms with Gasteiger partial charge in [0.1, 0.15) is 5.82 Å². The Morgan fingerprint density at radius 3 is 2.95 bits per heavy atom. The lowest BCUT2D eigenvalue weighted by Crippen LogP contribution is -2.42. The van der Waals surface area contributed by atoms with Crippen LogP contribution in [0, 0.1) is 18.7 Å². The predicted molar refractivity (Wildman–Crippen MR) is 72.3 cm³/mol. The van der Waals surface area contributed by atoms with Gasteiger partial charge in [0.15, 0.2) is 5.78 Å². The molecule has 1 aromatic carbocycles. The number of ether oxygens (including phenoxy) is 2. The van der Waals surface area contributed by atoms with Gasteiger partial charge in [-0.05, 0) is 43.5 Å². The molecule has 0 bridgehead atoms. The quantitative estimate of drug-likeness (QED) is 0.780. The molecule has 0 N–H and O–H groups in total. The highest BCUT2D eigenvalue weighted by Crippen LogP contribution is 2.37. The van der Waals surface area contributed by atoms with Crippen LogP contribution >= 0.6 is 0 Å². The number of Topliss-reactive ketones (excluding diaryl/α,β-unsaturated/α-hetero) is 1. The maximum Gasteiger partial charge on any atom is 0.166 e. The number of benzene rings is 1. The van der Waals surface area contributed by atoms with Crippen LogP contribution in [0.5, 0.6) is 0 Å². The fraction of sp³-hybridized carbons (Fsp3) is 0.562. The Labute approximate surface area is 118 Å². The Morgan fingerprint density at radius 2 is 2.25 bits per heavy atom. The van der Waals surface area contributed by atoms with Crippen LogP contribution in [0.3, 0.4) is 0 Å². The Kier molecular flexibility index (Phi) is 3.61. The van der Waals surface area contributed by atoms with Crippen LogP contribution in [0.25, 0.3) is 0 Å². The van der Waals surface area contributed by atoms with E-state index in [1.807, 2.05) is 0 Å². The van der Waals surface area contributed by atoms with Gasteiger partial charge in [-0.3, -0.25) is 4.79 Å². The fourth-order valence-corrected chi connectivity index (χ4v) is 3.15. The van der Waals surface area contributed by atoms with E-state index < -0.39 is 0 Å². The minimum atomic E-state index is -0.270. The monoisotopic (exact) mass is 278 g/mol. The van der Waals surface area contributed by atoms with Crippen molar-refractivity contribution < 1.29 is 18.7 Å². The summed E-state index contributed by atoms with van der Waals surface area (Å²) >= 11 is 0. The molecule has 0 saturated carbocycles. The first kappa shape index (κ1) is 13.7. The van der Waals surface area contributed by atoms with Crippen LogP contribution in [0.4, 0.5) is 4.39 Å². The Morgan fingerprint density at radius 1 is 1.40 bits per heavy atom. The van der Waals surface area contributed by atoms with Crippen molar-refractivity contribution in [1.29, 1.82) is 0 Å². The number of ketones is 1. The van der Waals surface area contributed by atoms with Gasteiger partial charge in [0.2, 0.25) is 0 Å². The molecule has 2 heterocycles. The second kappa shape index (κ2) is 5.26. The van der Waals surface area contributed by atoms with Crippen LogP contribution in [-0.4, -0.2) is 31.2 Å². The molecule has 4 heteroatoms. The highest BCUT2D eigenvalue weighted by molar-refractivity contribution is 5.98. The van der Waals surface area contributed by atoms with Crippen molar-refractivity contribution in [2.45, 2.75) is 31.8 Å². The molecule has 2 saturated heterocycles. The van der Waals surface area contributed by atoms with Crippen LogP contribution in [0.2, 0.25) is 0 Å². The Balaban J connectivity index is 1.77. The maximum atomic E-state index is 13.3. The van der Waals surface area contributed by atoms with Crippen molar-refractivity contribution in [2.75, 3.05) is 19.8 Å². The summed E-state index contributed by atoms with van der Waals surface area (Å²) in [6.45, 7) is 3.57. The van der Waals surface area contributed by atoms with Crippen LogP contribution in [-0.2, 0) is 9.47 Å². The minimum Gasteiger partial charge on any atom is -0.378 e. The van der Waals surface area contributed by atoms with Crippen molar-refractivity contribution in [1.82, 2.24) is 0 Å². The van der Waals surface area contributed by atoms with Gasteiger partial charge in [-0.1, -0.05) is 0 Å². The van der Waals surface area contributed by atoms with Gasteiger partial charge in [0.25, 0.3) is 0 Å². The average Bonchev–Trinajstić information content (AvgIpc) is 2.89. The minimum absolute atomic E-state index is 0.0460. The first-order chi connectivity index (χ1) is 9.60. The molecule has 0 aromatic heterocycles. The van der Waals surface area contributed by atoms with E-state index in [1.165, 1.54) is 6.07 Å². The molecule has 0 radical (unpaired) electrons. The zero-order valence-electron chi connectivity index (χ0n) is 11.7. The third kappa shape index (κ3) is 2.50. The summed E-state index contributed by atoms with van der Waals surface area (Å²) in [5, 5.41) is 0. The molecule has 3 rings (SSSR count). The standard InChI is InChI=1S/C16H19FO3/c1-11-8-12(2-3-14(11)17)15(18)13-4-6-20-16(9-13)5-7-19-10-16/h2-3,8,13H,4-7,9-10H2,1H3. The molecule has 1 aromatic rings. The van der Waals surface area contributed by atoms with Gasteiger partial charge in [-0.15, -0.1) is 0 Å². The van der Waals surface area contributed by atoms with E-state index in [0.717, 1.165) is 12.8 Å². The molecule has 2 unspecified atom stereocenters.